The van der Waals surface area contributed by atoms with Gasteiger partial charge in [-0.2, -0.15) is 0 Å². The number of anilines is 2. The van der Waals surface area contributed by atoms with Gasteiger partial charge in [-0.05, 0) is 59.0 Å². The van der Waals surface area contributed by atoms with E-state index in [2.05, 4.69) is 5.32 Å². The predicted molar refractivity (Wildman–Crippen MR) is 82.9 cm³/mol. The van der Waals surface area contributed by atoms with Crippen molar-refractivity contribution in [2.75, 3.05) is 11.1 Å². The van der Waals surface area contributed by atoms with E-state index < -0.39 is 0 Å². The highest BCUT2D eigenvalue weighted by molar-refractivity contribution is 14.1. The average Bonchev–Trinajstić information content (AvgIpc) is 2.33. The number of nitrogens with two attached hydrogens (primary N) is 1. The zero-order valence-electron chi connectivity index (χ0n) is 9.58. The van der Waals surface area contributed by atoms with Crippen LogP contribution in [0.1, 0.15) is 10.4 Å². The highest BCUT2D eigenvalue weighted by Crippen LogP contribution is 2.24. The third-order valence-corrected chi connectivity index (χ3v) is 3.57. The summed E-state index contributed by atoms with van der Waals surface area (Å²) in [4.78, 5) is 12.1. The van der Waals surface area contributed by atoms with Crippen LogP contribution in [0.2, 0.25) is 5.02 Å². The lowest BCUT2D eigenvalue weighted by Crippen LogP contribution is -2.14. The lowest BCUT2D eigenvalue weighted by atomic mass is 10.2. The van der Waals surface area contributed by atoms with E-state index in [0.717, 1.165) is 0 Å². The molecule has 2 aromatic rings. The van der Waals surface area contributed by atoms with Crippen LogP contribution < -0.4 is 11.1 Å². The van der Waals surface area contributed by atoms with Crippen LogP contribution in [0.3, 0.4) is 0 Å². The molecule has 0 aliphatic heterocycles. The Morgan fingerprint density at radius 2 is 2.00 bits per heavy atom. The van der Waals surface area contributed by atoms with Gasteiger partial charge in [0.2, 0.25) is 0 Å². The number of hydrogen-bond acceptors (Lipinski definition) is 2. The first-order valence-electron chi connectivity index (χ1n) is 5.29. The SMILES string of the molecule is Nc1ccc(Cl)cc1NC(=O)c1ccc(F)cc1I. The maximum Gasteiger partial charge on any atom is 0.256 e. The second kappa shape index (κ2) is 5.75. The Bertz CT molecular complexity index is 649. The van der Waals surface area contributed by atoms with Crippen molar-refractivity contribution in [3.8, 4) is 0 Å². The van der Waals surface area contributed by atoms with Gasteiger partial charge in [0, 0.05) is 8.59 Å². The van der Waals surface area contributed by atoms with Crippen LogP contribution in [0.25, 0.3) is 0 Å². The number of halogens is 3. The van der Waals surface area contributed by atoms with Crippen molar-refractivity contribution < 1.29 is 9.18 Å². The molecule has 1 amide bonds. The molecule has 0 atom stereocenters. The largest absolute Gasteiger partial charge is 0.397 e. The number of nitrogens with one attached hydrogen (secondary N) is 1. The Balaban J connectivity index is 2.28. The Morgan fingerprint density at radius 1 is 1.26 bits per heavy atom. The molecule has 0 unspecified atom stereocenters. The molecule has 0 aliphatic rings. The summed E-state index contributed by atoms with van der Waals surface area (Å²) in [6.07, 6.45) is 0. The molecule has 98 valence electrons. The summed E-state index contributed by atoms with van der Waals surface area (Å²) in [5.41, 5.74) is 6.96. The van der Waals surface area contributed by atoms with Crippen LogP contribution in [-0.4, -0.2) is 5.91 Å². The number of benzene rings is 2. The summed E-state index contributed by atoms with van der Waals surface area (Å²) in [6.45, 7) is 0. The Labute approximate surface area is 128 Å². The predicted octanol–water partition coefficient (Wildman–Crippen LogP) is 3.92. The molecule has 3 N–H and O–H groups in total. The van der Waals surface area contributed by atoms with E-state index >= 15 is 0 Å². The highest BCUT2D eigenvalue weighted by Gasteiger charge is 2.12. The van der Waals surface area contributed by atoms with Crippen LogP contribution in [0, 0.1) is 9.39 Å². The van der Waals surface area contributed by atoms with Gasteiger partial charge in [-0.15, -0.1) is 0 Å². The van der Waals surface area contributed by atoms with Crippen molar-refractivity contribution in [2.45, 2.75) is 0 Å². The molecule has 19 heavy (non-hydrogen) atoms. The number of carbonyl (C=O) groups excluding carboxylic acids is 1. The number of hydrogen-bond donors (Lipinski definition) is 2. The van der Waals surface area contributed by atoms with E-state index in [1.54, 1.807) is 18.2 Å². The van der Waals surface area contributed by atoms with Crippen molar-refractivity contribution in [3.05, 3.63) is 56.4 Å². The molecule has 0 aromatic heterocycles. The summed E-state index contributed by atoms with van der Waals surface area (Å²) in [5, 5.41) is 3.12. The highest BCUT2D eigenvalue weighted by atomic mass is 127. The summed E-state index contributed by atoms with van der Waals surface area (Å²) >= 11 is 7.74. The Hall–Kier alpha value is -1.34. The van der Waals surface area contributed by atoms with Gasteiger partial charge in [0.25, 0.3) is 5.91 Å². The molecule has 0 saturated heterocycles. The van der Waals surface area contributed by atoms with Crippen LogP contribution in [0.15, 0.2) is 36.4 Å². The first-order chi connectivity index (χ1) is 8.97. The number of amides is 1. The summed E-state index contributed by atoms with van der Waals surface area (Å²) in [7, 11) is 0. The third kappa shape index (κ3) is 3.36. The molecule has 6 heteroatoms. The molecule has 0 saturated carbocycles. The lowest BCUT2D eigenvalue weighted by Gasteiger charge is -2.09. The van der Waals surface area contributed by atoms with Crippen LogP contribution >= 0.6 is 34.2 Å². The Kier molecular flexibility index (Phi) is 4.26. The molecule has 3 nitrogen and oxygen atoms in total. The number of carbonyl (C=O) groups is 1. The standard InChI is InChI=1S/C13H9ClFIN2O/c14-7-1-4-11(17)12(5-7)18-13(19)9-3-2-8(15)6-10(9)16/h1-6H,17H2,(H,18,19). The summed E-state index contributed by atoms with van der Waals surface area (Å²) in [6, 6.07) is 8.75. The molecule has 0 fully saturated rings. The van der Waals surface area contributed by atoms with Gasteiger partial charge in [-0.3, -0.25) is 4.79 Å². The van der Waals surface area contributed by atoms with Crippen molar-refractivity contribution in [3.63, 3.8) is 0 Å². The fourth-order valence-corrected chi connectivity index (χ4v) is 2.39. The van der Waals surface area contributed by atoms with Gasteiger partial charge in [0.1, 0.15) is 5.82 Å². The fraction of sp³-hybridized carbons (Fsp3) is 0. The molecule has 2 rings (SSSR count). The van der Waals surface area contributed by atoms with Gasteiger partial charge < -0.3 is 11.1 Å². The molecule has 2 aromatic carbocycles. The maximum absolute atomic E-state index is 13.0. The van der Waals surface area contributed by atoms with Crippen molar-refractivity contribution in [1.82, 2.24) is 0 Å². The molecule has 0 spiro atoms. The van der Waals surface area contributed by atoms with E-state index in [4.69, 9.17) is 17.3 Å². The second-order valence-corrected chi connectivity index (χ2v) is 5.41. The molecule has 0 aliphatic carbocycles. The van der Waals surface area contributed by atoms with E-state index in [1.165, 1.54) is 18.2 Å². The number of rotatable bonds is 2. The van der Waals surface area contributed by atoms with E-state index in [0.29, 0.717) is 25.5 Å². The molecular formula is C13H9ClFIN2O. The minimum atomic E-state index is -0.386. The first-order valence-corrected chi connectivity index (χ1v) is 6.74. The smallest absolute Gasteiger partial charge is 0.256 e. The second-order valence-electron chi connectivity index (χ2n) is 3.81. The van der Waals surface area contributed by atoms with Crippen LogP contribution in [0.4, 0.5) is 15.8 Å². The van der Waals surface area contributed by atoms with E-state index in [1.807, 2.05) is 22.6 Å². The monoisotopic (exact) mass is 390 g/mol. The topological polar surface area (TPSA) is 55.1 Å². The van der Waals surface area contributed by atoms with Gasteiger partial charge in [-0.1, -0.05) is 11.6 Å². The zero-order chi connectivity index (χ0) is 14.0. The number of nitrogen functional groups attached to an aromatic ring is 1. The van der Waals surface area contributed by atoms with Crippen molar-refractivity contribution in [1.29, 1.82) is 0 Å². The fourth-order valence-electron chi connectivity index (χ4n) is 1.50. The minimum absolute atomic E-state index is 0.363. The van der Waals surface area contributed by atoms with E-state index in [-0.39, 0.29) is 11.7 Å². The van der Waals surface area contributed by atoms with Gasteiger partial charge in [-0.25, -0.2) is 4.39 Å². The third-order valence-electron chi connectivity index (χ3n) is 2.44. The molecule has 0 radical (unpaired) electrons. The van der Waals surface area contributed by atoms with Gasteiger partial charge in [0.15, 0.2) is 0 Å². The normalized spacial score (nSPS) is 10.3. The van der Waals surface area contributed by atoms with Gasteiger partial charge in [0.05, 0.1) is 16.9 Å². The van der Waals surface area contributed by atoms with E-state index in [9.17, 15) is 9.18 Å². The first kappa shape index (κ1) is 14.1. The molecule has 0 bridgehead atoms. The molecule has 0 heterocycles. The van der Waals surface area contributed by atoms with Crippen LogP contribution in [0.5, 0.6) is 0 Å². The zero-order valence-corrected chi connectivity index (χ0v) is 12.5. The maximum atomic E-state index is 13.0. The summed E-state index contributed by atoms with van der Waals surface area (Å²) < 4.78 is 13.5. The lowest BCUT2D eigenvalue weighted by molar-refractivity contribution is 0.102. The average molecular weight is 391 g/mol. The minimum Gasteiger partial charge on any atom is -0.397 e. The van der Waals surface area contributed by atoms with Crippen molar-refractivity contribution in [2.24, 2.45) is 0 Å². The molecular weight excluding hydrogens is 382 g/mol. The quantitative estimate of drug-likeness (QED) is 0.603. The van der Waals surface area contributed by atoms with Crippen LogP contribution in [-0.2, 0) is 0 Å². The summed E-state index contributed by atoms with van der Waals surface area (Å²) in [5.74, 6) is -0.749. The van der Waals surface area contributed by atoms with Crippen molar-refractivity contribution >= 4 is 51.5 Å². The van der Waals surface area contributed by atoms with Gasteiger partial charge >= 0.3 is 0 Å². The Morgan fingerprint density at radius 3 is 2.68 bits per heavy atom.